The first-order valence-corrected chi connectivity index (χ1v) is 14.7. The van der Waals surface area contributed by atoms with E-state index in [4.69, 9.17) is 9.47 Å². The summed E-state index contributed by atoms with van der Waals surface area (Å²) in [7, 11) is 3.41. The molecule has 2 bridgehead atoms. The molecule has 40 heavy (non-hydrogen) atoms. The van der Waals surface area contributed by atoms with Crippen molar-refractivity contribution in [2.24, 2.45) is 5.92 Å². The number of methoxy groups -OCH3 is 2. The molecule has 3 saturated heterocycles. The molecule has 0 aliphatic carbocycles. The van der Waals surface area contributed by atoms with Crippen LogP contribution in [0.25, 0.3) is 0 Å². The topological polar surface area (TPSA) is 54.0 Å². The van der Waals surface area contributed by atoms with Crippen molar-refractivity contribution in [2.75, 3.05) is 33.9 Å². The van der Waals surface area contributed by atoms with E-state index in [0.717, 1.165) is 49.5 Å². The summed E-state index contributed by atoms with van der Waals surface area (Å²) < 4.78 is 11.2. The molecule has 3 fully saturated rings. The number of piperidine rings is 3. The van der Waals surface area contributed by atoms with E-state index in [1.807, 2.05) is 17.0 Å². The van der Waals surface area contributed by atoms with Gasteiger partial charge in [0.2, 0.25) is 5.91 Å². The van der Waals surface area contributed by atoms with Crippen molar-refractivity contribution in [1.82, 2.24) is 15.1 Å². The highest BCUT2D eigenvalue weighted by molar-refractivity contribution is 5.82. The number of likely N-dealkylation sites (N-methyl/N-ethyl adjacent to an activating group) is 1. The van der Waals surface area contributed by atoms with E-state index in [1.165, 1.54) is 11.1 Å². The third kappa shape index (κ3) is 5.61. The molecule has 3 aliphatic rings. The van der Waals surface area contributed by atoms with Gasteiger partial charge in [0.1, 0.15) is 11.5 Å². The third-order valence-electron chi connectivity index (χ3n) is 8.98. The van der Waals surface area contributed by atoms with E-state index >= 15 is 0 Å². The first-order valence-electron chi connectivity index (χ1n) is 14.7. The maximum absolute atomic E-state index is 13.9. The number of hydrogen-bond donors (Lipinski definition) is 1. The van der Waals surface area contributed by atoms with Gasteiger partial charge in [-0.05, 0) is 68.5 Å². The summed E-state index contributed by atoms with van der Waals surface area (Å²) in [5.74, 6) is 2.46. The largest absolute Gasteiger partial charge is 0.497 e. The Bertz CT molecular complexity index is 1210. The molecular formula is C34H43N3O3. The molecule has 3 aromatic carbocycles. The van der Waals surface area contributed by atoms with E-state index in [1.54, 1.807) is 14.2 Å². The zero-order valence-electron chi connectivity index (χ0n) is 24.3. The monoisotopic (exact) mass is 541 g/mol. The Labute approximate surface area is 239 Å². The molecule has 0 saturated carbocycles. The quantitative estimate of drug-likeness (QED) is 0.356. The average Bonchev–Trinajstić information content (AvgIpc) is 3.02. The fourth-order valence-electron chi connectivity index (χ4n) is 7.01. The summed E-state index contributed by atoms with van der Waals surface area (Å²) in [5.41, 5.74) is 3.64. The van der Waals surface area contributed by atoms with Gasteiger partial charge >= 0.3 is 0 Å². The minimum atomic E-state index is -0.0945. The van der Waals surface area contributed by atoms with Crippen LogP contribution in [0.5, 0.6) is 11.5 Å². The summed E-state index contributed by atoms with van der Waals surface area (Å²) in [6.07, 6.45) is 1.97. The molecule has 3 heterocycles. The second kappa shape index (κ2) is 12.9. The lowest BCUT2D eigenvalue weighted by Gasteiger charge is -2.57. The van der Waals surface area contributed by atoms with E-state index in [-0.39, 0.29) is 30.0 Å². The molecule has 212 valence electrons. The molecule has 1 N–H and O–H groups in total. The van der Waals surface area contributed by atoms with Crippen LogP contribution < -0.4 is 14.8 Å². The van der Waals surface area contributed by atoms with Gasteiger partial charge < -0.3 is 19.7 Å². The summed E-state index contributed by atoms with van der Waals surface area (Å²) in [6, 6.07) is 27.8. The van der Waals surface area contributed by atoms with Crippen LogP contribution in [0, 0.1) is 5.92 Å². The van der Waals surface area contributed by atoms with Gasteiger partial charge in [-0.15, -0.1) is 0 Å². The summed E-state index contributed by atoms with van der Waals surface area (Å²) in [4.78, 5) is 18.4. The van der Waals surface area contributed by atoms with Gasteiger partial charge in [-0.25, -0.2) is 0 Å². The number of amides is 1. The molecule has 5 atom stereocenters. The van der Waals surface area contributed by atoms with Crippen LogP contribution in [0.4, 0.5) is 0 Å². The molecule has 1 amide bonds. The average molecular weight is 542 g/mol. The Kier molecular flexibility index (Phi) is 9.08. The van der Waals surface area contributed by atoms with Crippen molar-refractivity contribution >= 4 is 5.91 Å². The molecule has 3 aromatic rings. The first-order chi connectivity index (χ1) is 19.6. The smallest absolute Gasteiger partial charge is 0.239 e. The molecule has 6 nitrogen and oxygen atoms in total. The Morgan fingerprint density at radius 2 is 1.60 bits per heavy atom. The zero-order valence-corrected chi connectivity index (χ0v) is 24.3. The normalized spacial score (nSPS) is 23.7. The van der Waals surface area contributed by atoms with Crippen molar-refractivity contribution in [1.29, 1.82) is 0 Å². The van der Waals surface area contributed by atoms with E-state index in [9.17, 15) is 4.79 Å². The number of fused-ring (bicyclic) bond motifs is 3. The van der Waals surface area contributed by atoms with Gasteiger partial charge in [0.15, 0.2) is 0 Å². The summed E-state index contributed by atoms with van der Waals surface area (Å²) >= 11 is 0. The lowest BCUT2D eigenvalue weighted by Crippen LogP contribution is -2.70. The van der Waals surface area contributed by atoms with E-state index in [2.05, 4.69) is 90.8 Å². The number of carbonyl (C=O) groups is 1. The van der Waals surface area contributed by atoms with E-state index in [0.29, 0.717) is 12.5 Å². The van der Waals surface area contributed by atoms with Crippen LogP contribution in [0.1, 0.15) is 49.3 Å². The number of rotatable bonds is 11. The van der Waals surface area contributed by atoms with Crippen LogP contribution in [0.15, 0.2) is 78.9 Å². The molecular weight excluding hydrogens is 498 g/mol. The number of benzene rings is 3. The highest BCUT2D eigenvalue weighted by Gasteiger charge is 2.52. The Hall–Kier alpha value is -3.35. The van der Waals surface area contributed by atoms with Crippen LogP contribution in [0.3, 0.4) is 0 Å². The zero-order chi connectivity index (χ0) is 28.1. The van der Waals surface area contributed by atoms with Gasteiger partial charge in [-0.2, -0.15) is 0 Å². The molecule has 0 radical (unpaired) electrons. The number of carbonyl (C=O) groups excluding carboxylic acids is 1. The standard InChI is InChI=1S/C34H43N3O3/c1-5-36(6-2)34(38)29-22-26-19-20-37(29)33(31(24-13-9-7-10-14-24)25-15-11-8-12-16-25)32(26)35-23-27-21-28(39-3)17-18-30(27)40-4/h7-18,21,26,29,31-33,35H,5-6,19-20,22-23H2,1-4H3. The van der Waals surface area contributed by atoms with Crippen molar-refractivity contribution in [3.05, 3.63) is 95.6 Å². The van der Waals surface area contributed by atoms with E-state index < -0.39 is 0 Å². The number of nitrogens with one attached hydrogen (secondary N) is 1. The minimum absolute atomic E-state index is 0.0945. The summed E-state index contributed by atoms with van der Waals surface area (Å²) in [6.45, 7) is 7.25. The van der Waals surface area contributed by atoms with Gasteiger partial charge in [0.05, 0.1) is 20.3 Å². The number of ether oxygens (including phenoxy) is 2. The molecule has 6 rings (SSSR count). The predicted molar refractivity (Wildman–Crippen MR) is 160 cm³/mol. The van der Waals surface area contributed by atoms with Gasteiger partial charge in [-0.1, -0.05) is 60.7 Å². The fourth-order valence-corrected chi connectivity index (χ4v) is 7.01. The lowest BCUT2D eigenvalue weighted by molar-refractivity contribution is -0.146. The highest BCUT2D eigenvalue weighted by atomic mass is 16.5. The summed E-state index contributed by atoms with van der Waals surface area (Å²) in [5, 5.41) is 3.98. The number of hydrogen-bond acceptors (Lipinski definition) is 5. The van der Waals surface area contributed by atoms with Crippen LogP contribution in [0.2, 0.25) is 0 Å². The minimum Gasteiger partial charge on any atom is -0.497 e. The second-order valence-electron chi connectivity index (χ2n) is 10.9. The van der Waals surface area contributed by atoms with Gasteiger partial charge in [-0.3, -0.25) is 9.69 Å². The van der Waals surface area contributed by atoms with Crippen molar-refractivity contribution in [3.63, 3.8) is 0 Å². The van der Waals surface area contributed by atoms with Crippen LogP contribution in [-0.4, -0.2) is 67.7 Å². The van der Waals surface area contributed by atoms with Gasteiger partial charge in [0.25, 0.3) is 0 Å². The molecule has 6 heteroatoms. The maximum atomic E-state index is 13.9. The molecule has 0 spiro atoms. The van der Waals surface area contributed by atoms with Crippen LogP contribution >= 0.6 is 0 Å². The van der Waals surface area contributed by atoms with Crippen molar-refractivity contribution in [2.45, 2.75) is 57.3 Å². The maximum Gasteiger partial charge on any atom is 0.239 e. The Morgan fingerprint density at radius 1 is 0.950 bits per heavy atom. The second-order valence-corrected chi connectivity index (χ2v) is 10.9. The Balaban J connectivity index is 1.55. The van der Waals surface area contributed by atoms with Gasteiger partial charge in [0, 0.05) is 43.2 Å². The molecule has 0 aromatic heterocycles. The SMILES string of the molecule is CCN(CC)C(=O)C1CC2CCN1C(C(c1ccccc1)c1ccccc1)C2NCc1cc(OC)ccc1OC. The molecule has 3 aliphatic heterocycles. The van der Waals surface area contributed by atoms with Crippen molar-refractivity contribution in [3.8, 4) is 11.5 Å². The lowest BCUT2D eigenvalue weighted by atomic mass is 9.68. The molecule has 5 unspecified atom stereocenters. The first kappa shape index (κ1) is 28.2. The number of nitrogens with zero attached hydrogens (tertiary/aromatic N) is 2. The van der Waals surface area contributed by atoms with Crippen molar-refractivity contribution < 1.29 is 14.3 Å². The predicted octanol–water partition coefficient (Wildman–Crippen LogP) is 5.33. The third-order valence-corrected chi connectivity index (χ3v) is 8.98. The highest BCUT2D eigenvalue weighted by Crippen LogP contribution is 2.45. The van der Waals surface area contributed by atoms with Crippen LogP contribution in [-0.2, 0) is 11.3 Å². The Morgan fingerprint density at radius 3 is 2.17 bits per heavy atom. The fraction of sp³-hybridized carbons (Fsp3) is 0.441.